The first-order valence-electron chi connectivity index (χ1n) is 20.1. The van der Waals surface area contributed by atoms with Crippen molar-refractivity contribution in [1.29, 1.82) is 0 Å². The average Bonchev–Trinajstić information content (AvgIpc) is 3.25. The van der Waals surface area contributed by atoms with E-state index in [1.54, 1.807) is 18.2 Å². The first-order chi connectivity index (χ1) is 29.9. The highest BCUT2D eigenvalue weighted by Gasteiger charge is 2.27. The molecule has 6 rings (SSSR count). The minimum absolute atomic E-state index is 0.0103. The van der Waals surface area contributed by atoms with Crippen LogP contribution in [-0.4, -0.2) is 47.2 Å². The SMILES string of the molecule is CC(C)(C)OC(=O)CN=C(c1ccccc1)c1ccccc1.CC(C)(C)OC(=O)[C@H](Cc1ccc(Br)c(F)c1)N=C(c1ccccc1)c1ccccc1.Fc1cc(CBr)ccc1Br. The summed E-state index contributed by atoms with van der Waals surface area (Å²) in [6.45, 7) is 11.0. The van der Waals surface area contributed by atoms with Crippen molar-refractivity contribution in [3.63, 3.8) is 0 Å². The molecule has 63 heavy (non-hydrogen) atoms. The largest absolute Gasteiger partial charge is 0.459 e. The maximum absolute atomic E-state index is 14.1. The van der Waals surface area contributed by atoms with Gasteiger partial charge in [0, 0.05) is 34.0 Å². The van der Waals surface area contributed by atoms with Crippen molar-refractivity contribution in [3.05, 3.63) is 212 Å². The molecule has 0 aliphatic rings. The van der Waals surface area contributed by atoms with E-state index in [0.717, 1.165) is 33.5 Å². The van der Waals surface area contributed by atoms with E-state index in [1.165, 1.54) is 12.1 Å². The van der Waals surface area contributed by atoms with Crippen molar-refractivity contribution in [2.75, 3.05) is 6.54 Å². The molecule has 0 fully saturated rings. The second-order valence-corrected chi connectivity index (χ2v) is 18.3. The molecule has 0 N–H and O–H groups in total. The Kier molecular flexibility index (Phi) is 19.8. The molecular formula is C52H51Br3F2N2O4. The molecule has 0 saturated carbocycles. The normalized spacial score (nSPS) is 11.3. The lowest BCUT2D eigenvalue weighted by molar-refractivity contribution is -0.156. The molecule has 0 amide bonds. The summed E-state index contributed by atoms with van der Waals surface area (Å²) in [7, 11) is 0. The minimum atomic E-state index is -0.824. The fourth-order valence-corrected chi connectivity index (χ4v) is 6.63. The summed E-state index contributed by atoms with van der Waals surface area (Å²) < 4.78 is 38.6. The van der Waals surface area contributed by atoms with Crippen molar-refractivity contribution in [2.45, 2.75) is 70.5 Å². The minimum Gasteiger partial charge on any atom is -0.459 e. The van der Waals surface area contributed by atoms with Crippen LogP contribution in [0.2, 0.25) is 0 Å². The number of carbonyl (C=O) groups is 2. The average molecular weight is 1050 g/mol. The van der Waals surface area contributed by atoms with Crippen LogP contribution in [0, 0.1) is 11.6 Å². The number of nitrogens with zero attached hydrogens (tertiary/aromatic N) is 2. The molecule has 328 valence electrons. The molecule has 0 heterocycles. The Morgan fingerprint density at radius 3 is 1.32 bits per heavy atom. The maximum atomic E-state index is 14.1. The van der Waals surface area contributed by atoms with Gasteiger partial charge in [0.15, 0.2) is 6.04 Å². The standard InChI is InChI=1S/C26H25BrFNO2.C19H21NO2.C7H5Br2F/c1-26(2,3)31-25(30)23(17-18-14-15-21(27)22(28)16-18)29-24(19-10-6-4-7-11-19)20-12-8-5-9-13-20;1-19(2,3)22-17(21)14-20-18(15-10-6-4-7-11-15)16-12-8-5-9-13-16;8-4-5-1-2-6(9)7(10)3-5/h4-16,23H,17H2,1-3H3;4-13H,14H2,1-3H3;1-3H,4H2/t23-;;/m0../s1. The molecule has 6 aromatic rings. The van der Waals surface area contributed by atoms with Crippen LogP contribution in [-0.2, 0) is 30.8 Å². The lowest BCUT2D eigenvalue weighted by Gasteiger charge is -2.23. The highest BCUT2D eigenvalue weighted by Crippen LogP contribution is 2.22. The first kappa shape index (κ1) is 50.5. The number of carbonyl (C=O) groups excluding carboxylic acids is 2. The van der Waals surface area contributed by atoms with Gasteiger partial charge in [0.05, 0.1) is 20.4 Å². The summed E-state index contributed by atoms with van der Waals surface area (Å²) in [5.74, 6) is -1.36. The Labute approximate surface area is 395 Å². The summed E-state index contributed by atoms with van der Waals surface area (Å²) in [5.41, 5.74) is 5.70. The zero-order valence-corrected chi connectivity index (χ0v) is 40.9. The molecule has 0 saturated heterocycles. The summed E-state index contributed by atoms with van der Waals surface area (Å²) >= 11 is 9.47. The fourth-order valence-electron chi connectivity index (χ4n) is 5.79. The number of hydrogen-bond donors (Lipinski definition) is 0. The van der Waals surface area contributed by atoms with Crippen molar-refractivity contribution >= 4 is 71.2 Å². The van der Waals surface area contributed by atoms with Crippen LogP contribution in [0.15, 0.2) is 177 Å². The third-order valence-corrected chi connectivity index (χ3v) is 10.4. The molecule has 11 heteroatoms. The Bertz CT molecular complexity index is 2350. The van der Waals surface area contributed by atoms with Crippen molar-refractivity contribution in [1.82, 2.24) is 0 Å². The van der Waals surface area contributed by atoms with Crippen LogP contribution in [0.4, 0.5) is 8.78 Å². The van der Waals surface area contributed by atoms with Crippen LogP contribution < -0.4 is 0 Å². The zero-order valence-electron chi connectivity index (χ0n) is 36.1. The summed E-state index contributed by atoms with van der Waals surface area (Å²) in [6.07, 6.45) is 0.224. The van der Waals surface area contributed by atoms with Crippen LogP contribution in [0.5, 0.6) is 0 Å². The van der Waals surface area contributed by atoms with E-state index >= 15 is 0 Å². The highest BCUT2D eigenvalue weighted by molar-refractivity contribution is 9.10. The van der Waals surface area contributed by atoms with Gasteiger partial charge in [-0.2, -0.15) is 0 Å². The highest BCUT2D eigenvalue weighted by atomic mass is 79.9. The Balaban J connectivity index is 0.000000235. The second kappa shape index (κ2) is 24.7. The van der Waals surface area contributed by atoms with E-state index in [2.05, 4.69) is 52.8 Å². The predicted molar refractivity (Wildman–Crippen MR) is 262 cm³/mol. The summed E-state index contributed by atoms with van der Waals surface area (Å²) in [6, 6.07) is 48.2. The van der Waals surface area contributed by atoms with Gasteiger partial charge in [-0.25, -0.2) is 13.6 Å². The van der Waals surface area contributed by atoms with Crippen LogP contribution in [0.25, 0.3) is 0 Å². The number of rotatable bonds is 11. The molecule has 0 aliphatic carbocycles. The number of halogens is 5. The summed E-state index contributed by atoms with van der Waals surface area (Å²) in [5, 5.41) is 0.692. The van der Waals surface area contributed by atoms with Gasteiger partial charge < -0.3 is 9.47 Å². The van der Waals surface area contributed by atoms with Crippen molar-refractivity contribution in [2.24, 2.45) is 9.98 Å². The molecule has 0 bridgehead atoms. The number of ether oxygens (including phenoxy) is 2. The number of hydrogen-bond acceptors (Lipinski definition) is 6. The van der Waals surface area contributed by atoms with Gasteiger partial charge >= 0.3 is 11.9 Å². The number of benzene rings is 6. The number of alkyl halides is 1. The topological polar surface area (TPSA) is 77.3 Å². The van der Waals surface area contributed by atoms with Gasteiger partial charge in [-0.3, -0.25) is 14.8 Å². The Morgan fingerprint density at radius 1 is 0.556 bits per heavy atom. The molecule has 0 aromatic heterocycles. The van der Waals surface area contributed by atoms with Gasteiger partial charge in [-0.15, -0.1) is 0 Å². The van der Waals surface area contributed by atoms with Gasteiger partial charge in [0.25, 0.3) is 0 Å². The predicted octanol–water partition coefficient (Wildman–Crippen LogP) is 13.7. The zero-order chi connectivity index (χ0) is 46.0. The third-order valence-electron chi connectivity index (χ3n) is 8.49. The molecule has 0 spiro atoms. The molecule has 0 aliphatic heterocycles. The quantitative estimate of drug-likeness (QED) is 0.0736. The monoisotopic (exact) mass is 1040 g/mol. The van der Waals surface area contributed by atoms with Crippen LogP contribution in [0.3, 0.4) is 0 Å². The molecule has 0 unspecified atom stereocenters. The lowest BCUT2D eigenvalue weighted by Crippen LogP contribution is -2.33. The number of esters is 2. The van der Waals surface area contributed by atoms with Crippen molar-refractivity contribution < 1.29 is 27.8 Å². The van der Waals surface area contributed by atoms with Crippen LogP contribution in [0.1, 0.15) is 74.9 Å². The van der Waals surface area contributed by atoms with E-state index < -0.39 is 23.2 Å². The van der Waals surface area contributed by atoms with E-state index in [9.17, 15) is 18.4 Å². The molecule has 0 radical (unpaired) electrons. The smallest absolute Gasteiger partial charge is 0.331 e. The molecule has 6 nitrogen and oxygen atoms in total. The maximum Gasteiger partial charge on any atom is 0.331 e. The van der Waals surface area contributed by atoms with Crippen molar-refractivity contribution in [3.8, 4) is 0 Å². The van der Waals surface area contributed by atoms with Crippen LogP contribution >= 0.6 is 47.8 Å². The first-order valence-corrected chi connectivity index (χ1v) is 22.9. The van der Waals surface area contributed by atoms with Gasteiger partial charge in [0.2, 0.25) is 0 Å². The van der Waals surface area contributed by atoms with Gasteiger partial charge in [-0.1, -0.05) is 149 Å². The lowest BCUT2D eigenvalue weighted by atomic mass is 10.0. The Hall–Kier alpha value is -5.10. The van der Waals surface area contributed by atoms with E-state index in [4.69, 9.17) is 14.5 Å². The third kappa shape index (κ3) is 17.9. The fraction of sp³-hybridized carbons (Fsp3) is 0.231. The molecular weight excluding hydrogens is 994 g/mol. The molecule has 1 atom stereocenters. The molecule has 6 aromatic carbocycles. The summed E-state index contributed by atoms with van der Waals surface area (Å²) in [4.78, 5) is 34.3. The Morgan fingerprint density at radius 2 is 0.937 bits per heavy atom. The van der Waals surface area contributed by atoms with E-state index in [1.807, 2.05) is 169 Å². The van der Waals surface area contributed by atoms with E-state index in [0.29, 0.717) is 25.6 Å². The van der Waals surface area contributed by atoms with Gasteiger partial charge in [0.1, 0.15) is 29.4 Å². The van der Waals surface area contributed by atoms with Gasteiger partial charge in [-0.05, 0) is 109 Å². The van der Waals surface area contributed by atoms with E-state index in [-0.39, 0.29) is 30.6 Å². The second-order valence-electron chi connectivity index (χ2n) is 16.1. The number of aliphatic imine (C=N–C) groups is 2.